The summed E-state index contributed by atoms with van der Waals surface area (Å²) in [6.07, 6.45) is 5.36. The Labute approximate surface area is 269 Å². The van der Waals surface area contributed by atoms with E-state index in [2.05, 4.69) is 5.32 Å². The van der Waals surface area contributed by atoms with Crippen molar-refractivity contribution in [3.63, 3.8) is 0 Å². The second-order valence-electron chi connectivity index (χ2n) is 10.9. The average molecular weight is 665 g/mol. The molecular formula is C32H36Cl3N3O4S. The van der Waals surface area contributed by atoms with E-state index in [0.717, 1.165) is 47.5 Å². The Morgan fingerprint density at radius 3 is 2.07 bits per heavy atom. The van der Waals surface area contributed by atoms with Crippen LogP contribution in [0.4, 0.5) is 5.69 Å². The lowest BCUT2D eigenvalue weighted by atomic mass is 9.95. The molecule has 0 aliphatic heterocycles. The molecule has 0 bridgehead atoms. The van der Waals surface area contributed by atoms with Gasteiger partial charge in [0.1, 0.15) is 12.6 Å². The number of sulfonamides is 1. The lowest BCUT2D eigenvalue weighted by Gasteiger charge is -2.34. The molecule has 230 valence electrons. The van der Waals surface area contributed by atoms with Crippen molar-refractivity contribution in [1.29, 1.82) is 0 Å². The van der Waals surface area contributed by atoms with Gasteiger partial charge in [-0.25, -0.2) is 8.42 Å². The van der Waals surface area contributed by atoms with Crippen molar-refractivity contribution in [3.05, 3.63) is 92.9 Å². The molecule has 0 spiro atoms. The third-order valence-corrected chi connectivity index (χ3v) is 10.1. The van der Waals surface area contributed by atoms with Gasteiger partial charge in [-0.3, -0.25) is 13.9 Å². The predicted octanol–water partition coefficient (Wildman–Crippen LogP) is 7.41. The highest BCUT2D eigenvalue weighted by Gasteiger charge is 2.34. The predicted molar refractivity (Wildman–Crippen MR) is 173 cm³/mol. The fourth-order valence-electron chi connectivity index (χ4n) is 5.30. The fourth-order valence-corrected chi connectivity index (χ4v) is 7.34. The van der Waals surface area contributed by atoms with Crippen LogP contribution in [0.1, 0.15) is 56.6 Å². The maximum Gasteiger partial charge on any atom is 0.264 e. The first kappa shape index (κ1) is 33.1. The summed E-state index contributed by atoms with van der Waals surface area (Å²) in [6.45, 7) is 3.20. The van der Waals surface area contributed by atoms with Crippen LogP contribution < -0.4 is 9.62 Å². The summed E-state index contributed by atoms with van der Waals surface area (Å²) in [5.41, 5.74) is 1.77. The number of halogens is 3. The summed E-state index contributed by atoms with van der Waals surface area (Å²) in [5, 5.41) is 4.12. The number of carbonyl (C=O) groups excluding carboxylic acids is 2. The topological polar surface area (TPSA) is 86.8 Å². The van der Waals surface area contributed by atoms with Gasteiger partial charge in [0.25, 0.3) is 10.0 Å². The van der Waals surface area contributed by atoms with Crippen molar-refractivity contribution >= 4 is 62.3 Å². The zero-order valence-electron chi connectivity index (χ0n) is 24.2. The first-order valence-corrected chi connectivity index (χ1v) is 16.9. The smallest absolute Gasteiger partial charge is 0.264 e. The number of hydrogen-bond donors (Lipinski definition) is 1. The summed E-state index contributed by atoms with van der Waals surface area (Å²) in [6, 6.07) is 17.0. The van der Waals surface area contributed by atoms with Crippen LogP contribution in [0.5, 0.6) is 0 Å². The fraction of sp³-hybridized carbons (Fsp3) is 0.375. The van der Waals surface area contributed by atoms with E-state index in [-0.39, 0.29) is 39.1 Å². The van der Waals surface area contributed by atoms with Gasteiger partial charge in [0.15, 0.2) is 0 Å². The summed E-state index contributed by atoms with van der Waals surface area (Å²) in [7, 11) is -4.24. The molecule has 2 amide bonds. The van der Waals surface area contributed by atoms with Crippen molar-refractivity contribution < 1.29 is 18.0 Å². The summed E-state index contributed by atoms with van der Waals surface area (Å²) < 4.78 is 29.1. The molecule has 0 unspecified atom stereocenters. The van der Waals surface area contributed by atoms with E-state index in [1.54, 1.807) is 36.4 Å². The van der Waals surface area contributed by atoms with Gasteiger partial charge in [-0.05, 0) is 74.2 Å². The molecule has 7 nitrogen and oxygen atoms in total. The molecule has 0 saturated heterocycles. The molecule has 11 heteroatoms. The van der Waals surface area contributed by atoms with Crippen LogP contribution in [-0.4, -0.2) is 43.8 Å². The van der Waals surface area contributed by atoms with Crippen LogP contribution in [0.25, 0.3) is 0 Å². The number of nitrogens with zero attached hydrogens (tertiary/aromatic N) is 2. The van der Waals surface area contributed by atoms with E-state index < -0.39 is 28.5 Å². The van der Waals surface area contributed by atoms with E-state index in [1.165, 1.54) is 35.2 Å². The largest absolute Gasteiger partial charge is 0.352 e. The van der Waals surface area contributed by atoms with Crippen molar-refractivity contribution in [2.24, 2.45) is 0 Å². The summed E-state index contributed by atoms with van der Waals surface area (Å²) in [5.74, 6) is -0.803. The first-order chi connectivity index (χ1) is 20.5. The number of amides is 2. The van der Waals surface area contributed by atoms with E-state index in [1.807, 2.05) is 13.8 Å². The number of carbonyl (C=O) groups is 2. The Hall–Kier alpha value is -2.78. The Morgan fingerprint density at radius 1 is 0.884 bits per heavy atom. The third kappa shape index (κ3) is 8.66. The maximum absolute atomic E-state index is 14.2. The summed E-state index contributed by atoms with van der Waals surface area (Å²) >= 11 is 18.6. The van der Waals surface area contributed by atoms with Crippen LogP contribution in [-0.2, 0) is 26.2 Å². The van der Waals surface area contributed by atoms with E-state index in [9.17, 15) is 18.0 Å². The number of hydrogen-bond acceptors (Lipinski definition) is 4. The average Bonchev–Trinajstić information content (AvgIpc) is 2.97. The number of anilines is 1. The SMILES string of the molecule is CC[C@H](C(=O)NC1CCCCC1)N(Cc1ccc(Cl)cc1)C(=O)CN(c1cc(Cl)cc(Cl)c1)S(=O)(=O)c1ccc(C)cc1. The van der Waals surface area contributed by atoms with Gasteiger partial charge in [0.05, 0.1) is 10.6 Å². The minimum Gasteiger partial charge on any atom is -0.352 e. The molecule has 1 fully saturated rings. The maximum atomic E-state index is 14.2. The Morgan fingerprint density at radius 2 is 1.49 bits per heavy atom. The molecule has 1 atom stereocenters. The van der Waals surface area contributed by atoms with Crippen molar-refractivity contribution in [3.8, 4) is 0 Å². The third-order valence-electron chi connectivity index (χ3n) is 7.63. The molecule has 4 rings (SSSR count). The van der Waals surface area contributed by atoms with Crippen LogP contribution in [0.3, 0.4) is 0 Å². The molecule has 1 saturated carbocycles. The van der Waals surface area contributed by atoms with Gasteiger partial charge < -0.3 is 10.2 Å². The molecule has 1 N–H and O–H groups in total. The van der Waals surface area contributed by atoms with Crippen LogP contribution in [0.15, 0.2) is 71.6 Å². The molecular weight excluding hydrogens is 629 g/mol. The molecule has 3 aromatic carbocycles. The highest BCUT2D eigenvalue weighted by molar-refractivity contribution is 7.92. The van der Waals surface area contributed by atoms with Crippen LogP contribution in [0, 0.1) is 6.92 Å². The zero-order valence-corrected chi connectivity index (χ0v) is 27.3. The molecule has 0 aromatic heterocycles. The first-order valence-electron chi connectivity index (χ1n) is 14.4. The molecule has 1 aliphatic carbocycles. The van der Waals surface area contributed by atoms with Crippen LogP contribution >= 0.6 is 34.8 Å². The van der Waals surface area contributed by atoms with E-state index in [0.29, 0.717) is 11.4 Å². The molecule has 0 heterocycles. The monoisotopic (exact) mass is 663 g/mol. The zero-order chi connectivity index (χ0) is 31.1. The molecule has 43 heavy (non-hydrogen) atoms. The second kappa shape index (κ2) is 14.8. The minimum atomic E-state index is -4.24. The Bertz CT molecular complexity index is 1510. The van der Waals surface area contributed by atoms with Gasteiger partial charge >= 0.3 is 0 Å². The lowest BCUT2D eigenvalue weighted by Crippen LogP contribution is -2.54. The summed E-state index contributed by atoms with van der Waals surface area (Å²) in [4.78, 5) is 29.3. The molecule has 1 aliphatic rings. The number of aryl methyl sites for hydroxylation is 1. The lowest BCUT2D eigenvalue weighted by molar-refractivity contribution is -0.140. The van der Waals surface area contributed by atoms with Gasteiger partial charge in [-0.2, -0.15) is 0 Å². The highest BCUT2D eigenvalue weighted by atomic mass is 35.5. The molecule has 0 radical (unpaired) electrons. The van der Waals surface area contributed by atoms with Gasteiger partial charge in [-0.1, -0.05) is 90.8 Å². The second-order valence-corrected chi connectivity index (χ2v) is 14.0. The van der Waals surface area contributed by atoms with Gasteiger partial charge in [-0.15, -0.1) is 0 Å². The normalized spacial score (nSPS) is 14.6. The number of rotatable bonds is 11. The van der Waals surface area contributed by atoms with Crippen LogP contribution in [0.2, 0.25) is 15.1 Å². The van der Waals surface area contributed by atoms with Crippen molar-refractivity contribution in [1.82, 2.24) is 10.2 Å². The quantitative estimate of drug-likeness (QED) is 0.231. The number of benzene rings is 3. The Balaban J connectivity index is 1.72. The number of nitrogens with one attached hydrogen (secondary N) is 1. The standard InChI is InChI=1S/C32H36Cl3N3O4S/c1-3-30(32(40)36-27-7-5-4-6-8-27)37(20-23-11-13-24(33)14-12-23)31(39)21-38(28-18-25(34)17-26(35)19-28)43(41,42)29-15-9-22(2)10-16-29/h9-19,27,30H,3-8,20-21H2,1-2H3,(H,36,40)/t30-/m1/s1. The minimum absolute atomic E-state index is 0.00772. The van der Waals surface area contributed by atoms with E-state index >= 15 is 0 Å². The van der Waals surface area contributed by atoms with E-state index in [4.69, 9.17) is 34.8 Å². The van der Waals surface area contributed by atoms with Gasteiger partial charge in [0.2, 0.25) is 11.8 Å². The van der Waals surface area contributed by atoms with Crippen molar-refractivity contribution in [2.45, 2.75) is 75.9 Å². The highest BCUT2D eigenvalue weighted by Crippen LogP contribution is 2.30. The van der Waals surface area contributed by atoms with Gasteiger partial charge in [0, 0.05) is 27.7 Å². The Kier molecular flexibility index (Phi) is 11.4. The van der Waals surface area contributed by atoms with Crippen molar-refractivity contribution in [2.75, 3.05) is 10.8 Å². The molecule has 3 aromatic rings.